The number of hydrogen-bond acceptors (Lipinski definition) is 6. The van der Waals surface area contributed by atoms with E-state index < -0.39 is 16.1 Å². The van der Waals surface area contributed by atoms with Crippen molar-refractivity contribution < 1.29 is 17.9 Å². The molecule has 0 saturated carbocycles. The van der Waals surface area contributed by atoms with Crippen LogP contribution < -0.4 is 14.8 Å². The van der Waals surface area contributed by atoms with E-state index in [1.807, 2.05) is 45.0 Å². The number of sulfonamides is 1. The lowest BCUT2D eigenvalue weighted by molar-refractivity contribution is 0.256. The zero-order valence-electron chi connectivity index (χ0n) is 19.5. The second-order valence-corrected chi connectivity index (χ2v) is 10.3. The summed E-state index contributed by atoms with van der Waals surface area (Å²) in [5.74, 6) is 0.581. The predicted octanol–water partition coefficient (Wildman–Crippen LogP) is 4.45. The summed E-state index contributed by atoms with van der Waals surface area (Å²) in [7, 11) is -4.13. The van der Waals surface area contributed by atoms with Crippen molar-refractivity contribution in [2.45, 2.75) is 57.5 Å². The second kappa shape index (κ2) is 9.84. The van der Waals surface area contributed by atoms with Crippen LogP contribution in [-0.4, -0.2) is 35.8 Å². The van der Waals surface area contributed by atoms with Gasteiger partial charge >= 0.3 is 6.03 Å². The normalized spacial score (nSPS) is 16.4. The number of carbonyl (C=O) groups is 1. The van der Waals surface area contributed by atoms with E-state index >= 15 is 0 Å². The quantitative estimate of drug-likeness (QED) is 0.528. The fraction of sp³-hybridized carbons (Fsp3) is 0.375. The minimum atomic E-state index is -4.13. The van der Waals surface area contributed by atoms with Gasteiger partial charge in [-0.2, -0.15) is 13.5 Å². The van der Waals surface area contributed by atoms with Crippen molar-refractivity contribution in [2.24, 2.45) is 0 Å². The number of ether oxygens (including phenoxy) is 1. The van der Waals surface area contributed by atoms with Gasteiger partial charge in [-0.25, -0.2) is 14.5 Å². The van der Waals surface area contributed by atoms with Crippen LogP contribution in [0.2, 0.25) is 0 Å². The first-order chi connectivity index (χ1) is 16.2. The number of anilines is 1. The molecule has 9 nitrogen and oxygen atoms in total. The lowest BCUT2D eigenvalue weighted by Crippen LogP contribution is -2.35. The van der Waals surface area contributed by atoms with Crippen LogP contribution >= 0.6 is 0 Å². The van der Waals surface area contributed by atoms with Gasteiger partial charge in [0.15, 0.2) is 5.03 Å². The molecule has 1 aliphatic heterocycles. The number of hydrogen-bond donors (Lipinski definition) is 2. The minimum absolute atomic E-state index is 0.0803. The first kappa shape index (κ1) is 23.7. The number of amides is 2. The number of urea groups is 1. The fourth-order valence-electron chi connectivity index (χ4n) is 3.95. The molecule has 2 amide bonds. The Hall–Kier alpha value is -3.40. The highest BCUT2D eigenvalue weighted by Gasteiger charge is 2.23. The van der Waals surface area contributed by atoms with Crippen LogP contribution in [0.25, 0.3) is 11.1 Å². The summed E-state index contributed by atoms with van der Waals surface area (Å²) in [6, 6.07) is 8.16. The molecule has 0 spiro atoms. The minimum Gasteiger partial charge on any atom is -0.478 e. The molecule has 10 heteroatoms. The van der Waals surface area contributed by atoms with E-state index in [4.69, 9.17) is 4.74 Å². The maximum atomic E-state index is 12.9. The highest BCUT2D eigenvalue weighted by molar-refractivity contribution is 7.90. The Kier molecular flexibility index (Phi) is 6.87. The van der Waals surface area contributed by atoms with Gasteiger partial charge in [0, 0.05) is 30.6 Å². The van der Waals surface area contributed by atoms with Crippen LogP contribution in [0.4, 0.5) is 10.5 Å². The van der Waals surface area contributed by atoms with E-state index in [1.54, 1.807) is 17.1 Å². The van der Waals surface area contributed by atoms with Crippen molar-refractivity contribution in [2.75, 3.05) is 11.9 Å². The van der Waals surface area contributed by atoms with Crippen LogP contribution in [-0.2, 0) is 16.6 Å². The standard InChI is InChI=1S/C24H29N5O4S/c1-16(2)19-13-17(3)14-20-18-7-9-25-21(15-18)33-12-6-4-5-10-29-11-8-22(27-29)34(31,32)28-24(30)26-23(19)20/h7-9,11,13-16H,4-6,10,12H2,1-3H3,(H2,26,28,30). The summed E-state index contributed by atoms with van der Waals surface area (Å²) in [5.41, 5.74) is 4.02. The molecule has 0 radical (unpaired) electrons. The van der Waals surface area contributed by atoms with Gasteiger partial charge in [0.05, 0.1) is 12.3 Å². The zero-order valence-corrected chi connectivity index (χ0v) is 20.4. The average Bonchev–Trinajstić information content (AvgIpc) is 3.26. The molecule has 4 bridgehead atoms. The third-order valence-electron chi connectivity index (χ3n) is 5.62. The summed E-state index contributed by atoms with van der Waals surface area (Å²) in [6.45, 7) is 7.11. The van der Waals surface area contributed by atoms with Gasteiger partial charge in [-0.1, -0.05) is 25.5 Å². The third-order valence-corrected chi connectivity index (χ3v) is 6.84. The molecule has 0 aliphatic carbocycles. The number of aromatic nitrogens is 3. The number of pyridine rings is 1. The van der Waals surface area contributed by atoms with Crippen molar-refractivity contribution in [1.29, 1.82) is 0 Å². The van der Waals surface area contributed by atoms with Crippen LogP contribution in [0.1, 0.15) is 50.2 Å². The maximum absolute atomic E-state index is 12.9. The van der Waals surface area contributed by atoms with Crippen LogP contribution in [0.15, 0.2) is 47.8 Å². The Bertz CT molecular complexity index is 1300. The highest BCUT2D eigenvalue weighted by Crippen LogP contribution is 2.37. The van der Waals surface area contributed by atoms with Gasteiger partial charge in [0.25, 0.3) is 10.0 Å². The first-order valence-electron chi connectivity index (χ1n) is 11.3. The SMILES string of the molecule is Cc1cc2c(c(C(C)C)c1)NC(=O)NS(=O)(=O)c1ccn(n1)CCCCCOc1cc-2ccn1. The molecule has 3 aromatic rings. The van der Waals surface area contributed by atoms with Gasteiger partial charge in [0.2, 0.25) is 5.88 Å². The Morgan fingerprint density at radius 2 is 1.94 bits per heavy atom. The zero-order chi connectivity index (χ0) is 24.3. The molecular weight excluding hydrogens is 454 g/mol. The van der Waals surface area contributed by atoms with Crippen molar-refractivity contribution in [3.8, 4) is 17.0 Å². The summed E-state index contributed by atoms with van der Waals surface area (Å²) >= 11 is 0. The molecule has 1 aromatic carbocycles. The van der Waals surface area contributed by atoms with E-state index in [-0.39, 0.29) is 10.9 Å². The van der Waals surface area contributed by atoms with E-state index in [1.165, 1.54) is 6.07 Å². The van der Waals surface area contributed by atoms with Gasteiger partial charge in [-0.3, -0.25) is 4.68 Å². The summed E-state index contributed by atoms with van der Waals surface area (Å²) in [5, 5.41) is 6.71. The molecule has 2 N–H and O–H groups in total. The van der Waals surface area contributed by atoms with Gasteiger partial charge in [0.1, 0.15) is 0 Å². The summed E-state index contributed by atoms with van der Waals surface area (Å²) in [4.78, 5) is 17.2. The Labute approximate surface area is 199 Å². The Morgan fingerprint density at radius 3 is 2.74 bits per heavy atom. The molecule has 0 fully saturated rings. The topological polar surface area (TPSA) is 115 Å². The highest BCUT2D eigenvalue weighted by atomic mass is 32.2. The second-order valence-electron chi connectivity index (χ2n) is 8.70. The van der Waals surface area contributed by atoms with Gasteiger partial charge < -0.3 is 10.1 Å². The smallest absolute Gasteiger partial charge is 0.333 e. The molecular formula is C24H29N5O4S. The number of fused-ring (bicyclic) bond motifs is 6. The predicted molar refractivity (Wildman–Crippen MR) is 129 cm³/mol. The summed E-state index contributed by atoms with van der Waals surface area (Å²) in [6.07, 6.45) is 5.81. The number of rotatable bonds is 1. The molecule has 3 heterocycles. The van der Waals surface area contributed by atoms with Crippen LogP contribution in [0.3, 0.4) is 0 Å². The summed E-state index contributed by atoms with van der Waals surface area (Å²) < 4.78 is 35.1. The Balaban J connectivity index is 1.79. The van der Waals surface area contributed by atoms with E-state index in [2.05, 4.69) is 20.1 Å². The molecule has 0 atom stereocenters. The molecule has 180 valence electrons. The number of carbonyl (C=O) groups excluding carboxylic acids is 1. The average molecular weight is 484 g/mol. The molecule has 1 aliphatic rings. The molecule has 2 aromatic heterocycles. The Morgan fingerprint density at radius 1 is 1.12 bits per heavy atom. The van der Waals surface area contributed by atoms with Crippen LogP contribution in [0, 0.1) is 6.92 Å². The molecule has 4 rings (SSSR count). The lowest BCUT2D eigenvalue weighted by Gasteiger charge is -2.20. The van der Waals surface area contributed by atoms with Crippen LogP contribution in [0.5, 0.6) is 5.88 Å². The molecule has 0 saturated heterocycles. The number of benzene rings is 1. The number of nitrogens with one attached hydrogen (secondary N) is 2. The van der Waals surface area contributed by atoms with Crippen molar-refractivity contribution >= 4 is 21.7 Å². The molecule has 0 unspecified atom stereocenters. The van der Waals surface area contributed by atoms with Gasteiger partial charge in [-0.15, -0.1) is 0 Å². The van der Waals surface area contributed by atoms with Gasteiger partial charge in [-0.05, 0) is 61.4 Å². The number of nitrogens with zero attached hydrogens (tertiary/aromatic N) is 3. The third kappa shape index (κ3) is 5.39. The lowest BCUT2D eigenvalue weighted by atomic mass is 9.92. The number of aryl methyl sites for hydroxylation is 2. The monoisotopic (exact) mass is 483 g/mol. The fourth-order valence-corrected chi connectivity index (χ4v) is 4.80. The first-order valence-corrected chi connectivity index (χ1v) is 12.8. The van der Waals surface area contributed by atoms with Crippen molar-refractivity contribution in [3.05, 3.63) is 53.9 Å². The largest absolute Gasteiger partial charge is 0.478 e. The van der Waals surface area contributed by atoms with E-state index in [9.17, 15) is 13.2 Å². The van der Waals surface area contributed by atoms with Crippen molar-refractivity contribution in [3.63, 3.8) is 0 Å². The maximum Gasteiger partial charge on any atom is 0.333 e. The van der Waals surface area contributed by atoms with E-state index in [0.717, 1.165) is 41.5 Å². The van der Waals surface area contributed by atoms with Crippen molar-refractivity contribution in [1.82, 2.24) is 19.5 Å². The van der Waals surface area contributed by atoms with E-state index in [0.29, 0.717) is 24.7 Å². The molecule has 34 heavy (non-hydrogen) atoms.